The van der Waals surface area contributed by atoms with E-state index in [1.807, 2.05) is 4.68 Å². The lowest BCUT2D eigenvalue weighted by atomic mass is 10.5. The molecule has 2 aromatic rings. The Hall–Kier alpha value is -1.78. The van der Waals surface area contributed by atoms with E-state index in [1.165, 1.54) is 11.4 Å². The Bertz CT molecular complexity index is 463. The van der Waals surface area contributed by atoms with Crippen LogP contribution in [0.2, 0.25) is 0 Å². The lowest BCUT2D eigenvalue weighted by Gasteiger charge is -2.12. The van der Waals surface area contributed by atoms with Crippen LogP contribution in [0.5, 0.6) is 0 Å². The largest absolute Gasteiger partial charge is 0.318 e. The summed E-state index contributed by atoms with van der Waals surface area (Å²) in [7, 11) is 0. The summed E-state index contributed by atoms with van der Waals surface area (Å²) in [6.07, 6.45) is 2.68. The molecule has 0 bridgehead atoms. The van der Waals surface area contributed by atoms with Gasteiger partial charge in [0.05, 0.1) is 6.54 Å². The molecule has 0 saturated carbocycles. The molecule has 5 heteroatoms. The molecular formula is C12H19N5. The van der Waals surface area contributed by atoms with Crippen molar-refractivity contribution in [1.82, 2.24) is 19.4 Å². The molecule has 0 aliphatic heterocycles. The van der Waals surface area contributed by atoms with Gasteiger partial charge in [-0.15, -0.1) is 0 Å². The number of rotatable bonds is 5. The molecule has 5 nitrogen and oxygen atoms in total. The van der Waals surface area contributed by atoms with Crippen molar-refractivity contribution in [2.24, 2.45) is 0 Å². The molecule has 0 atom stereocenters. The van der Waals surface area contributed by atoms with E-state index in [1.54, 1.807) is 6.33 Å². The zero-order chi connectivity index (χ0) is 12.3. The highest BCUT2D eigenvalue weighted by Gasteiger charge is 2.05. The second-order valence-corrected chi connectivity index (χ2v) is 4.19. The molecular weight excluding hydrogens is 214 g/mol. The van der Waals surface area contributed by atoms with Crippen LogP contribution in [0, 0.1) is 13.8 Å². The predicted octanol–water partition coefficient (Wildman–Crippen LogP) is 1.85. The monoisotopic (exact) mass is 233 g/mol. The molecule has 0 fully saturated rings. The van der Waals surface area contributed by atoms with E-state index in [0.29, 0.717) is 6.54 Å². The maximum Gasteiger partial charge on any atom is 0.147 e. The van der Waals surface area contributed by atoms with Gasteiger partial charge in [-0.3, -0.25) is 4.68 Å². The van der Waals surface area contributed by atoms with Gasteiger partial charge in [-0.05, 0) is 32.4 Å². The minimum Gasteiger partial charge on any atom is -0.318 e. The number of nitrogens with zero attached hydrogens (tertiary/aromatic N) is 4. The number of aryl methyl sites for hydroxylation is 3. The van der Waals surface area contributed by atoms with Gasteiger partial charge < -0.3 is 5.43 Å². The fraction of sp³-hybridized carbons (Fsp3) is 0.500. The van der Waals surface area contributed by atoms with Crippen LogP contribution in [0.15, 0.2) is 18.5 Å². The molecule has 2 aromatic heterocycles. The number of hydrogen-bond donors (Lipinski definition) is 1. The van der Waals surface area contributed by atoms with Crippen LogP contribution in [-0.4, -0.2) is 19.4 Å². The highest BCUT2D eigenvalue weighted by Crippen LogP contribution is 2.05. The van der Waals surface area contributed by atoms with Crippen LogP contribution in [0.25, 0.3) is 0 Å². The summed E-state index contributed by atoms with van der Waals surface area (Å²) in [5.41, 5.74) is 5.75. The maximum absolute atomic E-state index is 4.27. The third-order valence-electron chi connectivity index (χ3n) is 2.80. The lowest BCUT2D eigenvalue weighted by molar-refractivity contribution is 0.566. The minimum atomic E-state index is 0.691. The SMILES string of the molecule is CCCn1ncnc1CNn1c(C)ccc1C. The van der Waals surface area contributed by atoms with Gasteiger partial charge in [-0.2, -0.15) is 5.10 Å². The molecule has 0 aromatic carbocycles. The first-order valence-corrected chi connectivity index (χ1v) is 5.98. The van der Waals surface area contributed by atoms with Gasteiger partial charge in [-0.1, -0.05) is 6.92 Å². The number of nitrogens with one attached hydrogen (secondary N) is 1. The summed E-state index contributed by atoms with van der Waals surface area (Å²) in [6, 6.07) is 4.19. The van der Waals surface area contributed by atoms with Gasteiger partial charge in [0.15, 0.2) is 0 Å². The summed E-state index contributed by atoms with van der Waals surface area (Å²) in [5.74, 6) is 0.972. The molecule has 0 aliphatic rings. The third-order valence-corrected chi connectivity index (χ3v) is 2.80. The average Bonchev–Trinajstić information content (AvgIpc) is 2.86. The topological polar surface area (TPSA) is 47.7 Å². The fourth-order valence-corrected chi connectivity index (χ4v) is 1.89. The molecule has 0 radical (unpaired) electrons. The van der Waals surface area contributed by atoms with Gasteiger partial charge >= 0.3 is 0 Å². The predicted molar refractivity (Wildman–Crippen MR) is 67.3 cm³/mol. The lowest BCUT2D eigenvalue weighted by Crippen LogP contribution is -2.19. The van der Waals surface area contributed by atoms with Crippen molar-refractivity contribution in [2.45, 2.75) is 40.3 Å². The van der Waals surface area contributed by atoms with Gasteiger partial charge in [0.25, 0.3) is 0 Å². The van der Waals surface area contributed by atoms with Crippen LogP contribution in [0.4, 0.5) is 0 Å². The van der Waals surface area contributed by atoms with E-state index in [9.17, 15) is 0 Å². The number of hydrogen-bond acceptors (Lipinski definition) is 3. The van der Waals surface area contributed by atoms with Crippen molar-refractivity contribution in [3.8, 4) is 0 Å². The maximum atomic E-state index is 4.27. The van der Waals surface area contributed by atoms with Gasteiger partial charge in [0.1, 0.15) is 12.2 Å². The van der Waals surface area contributed by atoms with Gasteiger partial charge in [0, 0.05) is 17.9 Å². The summed E-state index contributed by atoms with van der Waals surface area (Å²) >= 11 is 0. The van der Waals surface area contributed by atoms with E-state index in [4.69, 9.17) is 0 Å². The van der Waals surface area contributed by atoms with Crippen LogP contribution < -0.4 is 5.43 Å². The van der Waals surface area contributed by atoms with Crippen LogP contribution in [-0.2, 0) is 13.1 Å². The molecule has 2 rings (SSSR count). The summed E-state index contributed by atoms with van der Waals surface area (Å²) in [4.78, 5) is 4.27. The Labute approximate surface area is 101 Å². The summed E-state index contributed by atoms with van der Waals surface area (Å²) in [6.45, 7) is 7.91. The molecule has 0 unspecified atom stereocenters. The quantitative estimate of drug-likeness (QED) is 0.857. The molecule has 0 aliphatic carbocycles. The Kier molecular flexibility index (Phi) is 3.46. The van der Waals surface area contributed by atoms with E-state index < -0.39 is 0 Å². The molecule has 1 N–H and O–H groups in total. The van der Waals surface area contributed by atoms with E-state index in [-0.39, 0.29) is 0 Å². The highest BCUT2D eigenvalue weighted by molar-refractivity contribution is 5.15. The first kappa shape index (κ1) is 11.7. The van der Waals surface area contributed by atoms with Crippen molar-refractivity contribution in [1.29, 1.82) is 0 Å². The van der Waals surface area contributed by atoms with Crippen LogP contribution >= 0.6 is 0 Å². The highest BCUT2D eigenvalue weighted by atomic mass is 15.4. The summed E-state index contributed by atoms with van der Waals surface area (Å²) < 4.78 is 4.02. The summed E-state index contributed by atoms with van der Waals surface area (Å²) in [5, 5.41) is 4.21. The van der Waals surface area contributed by atoms with Crippen molar-refractivity contribution in [3.63, 3.8) is 0 Å². The van der Waals surface area contributed by atoms with E-state index in [2.05, 4.69) is 53.1 Å². The third kappa shape index (κ3) is 2.49. The van der Waals surface area contributed by atoms with Crippen LogP contribution in [0.3, 0.4) is 0 Å². The molecule has 2 heterocycles. The first-order valence-electron chi connectivity index (χ1n) is 5.98. The first-order chi connectivity index (χ1) is 8.22. The Morgan fingerprint density at radius 1 is 1.24 bits per heavy atom. The zero-order valence-electron chi connectivity index (χ0n) is 10.6. The molecule has 0 saturated heterocycles. The molecule has 0 spiro atoms. The van der Waals surface area contributed by atoms with E-state index in [0.717, 1.165) is 18.8 Å². The Balaban J connectivity index is 2.05. The van der Waals surface area contributed by atoms with Crippen molar-refractivity contribution < 1.29 is 0 Å². The van der Waals surface area contributed by atoms with Crippen molar-refractivity contribution in [3.05, 3.63) is 35.7 Å². The zero-order valence-corrected chi connectivity index (χ0v) is 10.6. The fourth-order valence-electron chi connectivity index (χ4n) is 1.89. The Morgan fingerprint density at radius 2 is 1.94 bits per heavy atom. The van der Waals surface area contributed by atoms with Crippen molar-refractivity contribution >= 4 is 0 Å². The average molecular weight is 233 g/mol. The number of aromatic nitrogens is 4. The van der Waals surface area contributed by atoms with E-state index >= 15 is 0 Å². The Morgan fingerprint density at radius 3 is 2.59 bits per heavy atom. The second kappa shape index (κ2) is 5.03. The normalized spacial score (nSPS) is 10.8. The van der Waals surface area contributed by atoms with Crippen molar-refractivity contribution in [2.75, 3.05) is 5.43 Å². The minimum absolute atomic E-state index is 0.691. The van der Waals surface area contributed by atoms with Crippen LogP contribution in [0.1, 0.15) is 30.6 Å². The standard InChI is InChI=1S/C12H19N5/c1-4-7-16-12(13-9-15-16)8-14-17-10(2)5-6-11(17)3/h5-6,9,14H,4,7-8H2,1-3H3. The van der Waals surface area contributed by atoms with Gasteiger partial charge in [0.2, 0.25) is 0 Å². The molecule has 0 amide bonds. The van der Waals surface area contributed by atoms with Gasteiger partial charge in [-0.25, -0.2) is 9.67 Å². The molecule has 17 heavy (non-hydrogen) atoms. The smallest absolute Gasteiger partial charge is 0.147 e. The second-order valence-electron chi connectivity index (χ2n) is 4.19. The molecule has 92 valence electrons.